The lowest BCUT2D eigenvalue weighted by Gasteiger charge is -2.29. The molecule has 1 heteroatoms. The number of fused-ring (bicyclic) bond motifs is 2. The third kappa shape index (κ3) is 2.16. The van der Waals surface area contributed by atoms with Gasteiger partial charge in [-0.3, -0.25) is 0 Å². The van der Waals surface area contributed by atoms with E-state index in [9.17, 15) is 0 Å². The van der Waals surface area contributed by atoms with Crippen molar-refractivity contribution in [2.75, 3.05) is 0 Å². The highest BCUT2D eigenvalue weighted by molar-refractivity contribution is 5.86. The van der Waals surface area contributed by atoms with E-state index in [1.54, 1.807) is 0 Å². The van der Waals surface area contributed by atoms with Crippen LogP contribution in [0.15, 0.2) is 67.2 Å². The maximum absolute atomic E-state index is 4.39. The molecule has 1 heterocycles. The van der Waals surface area contributed by atoms with Gasteiger partial charge in [0.2, 0.25) is 0 Å². The number of nitrogens with zero attached hydrogens (tertiary/aromatic N) is 1. The molecule has 0 radical (unpaired) electrons. The summed E-state index contributed by atoms with van der Waals surface area (Å²) in [4.78, 5) is 2.43. The zero-order valence-electron chi connectivity index (χ0n) is 13.7. The molecule has 0 N–H and O–H groups in total. The molecule has 4 rings (SSSR count). The summed E-state index contributed by atoms with van der Waals surface area (Å²) in [7, 11) is 0. The summed E-state index contributed by atoms with van der Waals surface area (Å²) in [5.41, 5.74) is 6.56. The minimum atomic E-state index is 0.306. The highest BCUT2D eigenvalue weighted by Crippen LogP contribution is 2.40. The summed E-state index contributed by atoms with van der Waals surface area (Å²) in [6.07, 6.45) is 0. The molecule has 0 bridgehead atoms. The Morgan fingerprint density at radius 1 is 0.957 bits per heavy atom. The molecule has 0 aliphatic carbocycles. The van der Waals surface area contributed by atoms with Crippen LogP contribution in [-0.2, 0) is 6.54 Å². The fourth-order valence-electron chi connectivity index (χ4n) is 3.85. The van der Waals surface area contributed by atoms with Crippen LogP contribution in [-0.4, -0.2) is 4.90 Å². The van der Waals surface area contributed by atoms with E-state index < -0.39 is 0 Å². The second-order valence-corrected chi connectivity index (χ2v) is 6.43. The summed E-state index contributed by atoms with van der Waals surface area (Å²) < 4.78 is 0. The Bertz CT molecular complexity index is 901. The number of hydrogen-bond donors (Lipinski definition) is 0. The van der Waals surface area contributed by atoms with Crippen molar-refractivity contribution in [3.63, 3.8) is 0 Å². The van der Waals surface area contributed by atoms with E-state index in [-0.39, 0.29) is 0 Å². The standard InChI is InChI=1S/C22H21N/c1-15-8-6-11-19-14-23(17(3)22(15)19)16(2)20-13-7-10-18-9-4-5-12-21(18)20/h4-13,16H,3,14H2,1-2H3/t16-/m0/s1. The highest BCUT2D eigenvalue weighted by atomic mass is 15.2. The van der Waals surface area contributed by atoms with E-state index in [0.717, 1.165) is 12.2 Å². The summed E-state index contributed by atoms with van der Waals surface area (Å²) in [6, 6.07) is 22.1. The lowest BCUT2D eigenvalue weighted by atomic mass is 9.98. The van der Waals surface area contributed by atoms with Gasteiger partial charge in [0.15, 0.2) is 0 Å². The molecule has 0 saturated carbocycles. The van der Waals surface area contributed by atoms with Crippen molar-refractivity contribution in [2.24, 2.45) is 0 Å². The second-order valence-electron chi connectivity index (χ2n) is 6.43. The van der Waals surface area contributed by atoms with Crippen LogP contribution >= 0.6 is 0 Å². The van der Waals surface area contributed by atoms with Crippen LogP contribution in [0.3, 0.4) is 0 Å². The Kier molecular flexibility index (Phi) is 3.23. The SMILES string of the molecule is C=C1c2c(C)cccc2CN1[C@@H](C)c1cccc2ccccc12. The Morgan fingerprint density at radius 3 is 2.52 bits per heavy atom. The molecule has 3 aromatic carbocycles. The number of hydrogen-bond acceptors (Lipinski definition) is 1. The molecule has 0 unspecified atom stereocenters. The first-order valence-electron chi connectivity index (χ1n) is 8.19. The zero-order valence-corrected chi connectivity index (χ0v) is 13.7. The summed E-state index contributed by atoms with van der Waals surface area (Å²) in [5.74, 6) is 0. The Hall–Kier alpha value is -2.54. The highest BCUT2D eigenvalue weighted by Gasteiger charge is 2.28. The van der Waals surface area contributed by atoms with Gasteiger partial charge in [-0.05, 0) is 41.3 Å². The maximum Gasteiger partial charge on any atom is 0.0524 e. The monoisotopic (exact) mass is 299 g/mol. The van der Waals surface area contributed by atoms with Crippen molar-refractivity contribution >= 4 is 16.5 Å². The van der Waals surface area contributed by atoms with Gasteiger partial charge in [0, 0.05) is 17.8 Å². The predicted octanol–water partition coefficient (Wildman–Crippen LogP) is 5.70. The van der Waals surface area contributed by atoms with Gasteiger partial charge in [-0.1, -0.05) is 67.2 Å². The number of aryl methyl sites for hydroxylation is 1. The second kappa shape index (κ2) is 5.27. The van der Waals surface area contributed by atoms with Crippen molar-refractivity contribution in [3.05, 3.63) is 89.5 Å². The van der Waals surface area contributed by atoms with Gasteiger partial charge in [-0.25, -0.2) is 0 Å². The molecule has 0 fully saturated rings. The van der Waals surface area contributed by atoms with E-state index >= 15 is 0 Å². The summed E-state index contributed by atoms with van der Waals surface area (Å²) in [6.45, 7) is 9.80. The van der Waals surface area contributed by atoms with Crippen molar-refractivity contribution in [3.8, 4) is 0 Å². The van der Waals surface area contributed by atoms with Gasteiger partial charge in [0.1, 0.15) is 0 Å². The minimum Gasteiger partial charge on any atom is -0.360 e. The van der Waals surface area contributed by atoms with Crippen LogP contribution in [0, 0.1) is 6.92 Å². The topological polar surface area (TPSA) is 3.24 Å². The molecule has 1 aliphatic rings. The fourth-order valence-corrected chi connectivity index (χ4v) is 3.85. The van der Waals surface area contributed by atoms with Gasteiger partial charge in [-0.2, -0.15) is 0 Å². The lowest BCUT2D eigenvalue weighted by molar-refractivity contribution is 0.327. The van der Waals surface area contributed by atoms with Gasteiger partial charge < -0.3 is 4.90 Å². The Labute approximate surface area is 137 Å². The largest absolute Gasteiger partial charge is 0.360 e. The van der Waals surface area contributed by atoms with Gasteiger partial charge in [0.05, 0.1) is 6.04 Å². The van der Waals surface area contributed by atoms with Crippen molar-refractivity contribution in [1.29, 1.82) is 0 Å². The summed E-state index contributed by atoms with van der Waals surface area (Å²) >= 11 is 0. The molecular weight excluding hydrogens is 278 g/mol. The van der Waals surface area contributed by atoms with Crippen LogP contribution in [0.1, 0.15) is 35.2 Å². The smallest absolute Gasteiger partial charge is 0.0524 e. The van der Waals surface area contributed by atoms with Crippen LogP contribution in [0.2, 0.25) is 0 Å². The zero-order chi connectivity index (χ0) is 16.0. The predicted molar refractivity (Wildman–Crippen MR) is 98.1 cm³/mol. The first-order valence-corrected chi connectivity index (χ1v) is 8.19. The molecule has 0 saturated heterocycles. The average Bonchev–Trinajstić information content (AvgIpc) is 2.92. The Balaban J connectivity index is 1.77. The molecule has 0 amide bonds. The van der Waals surface area contributed by atoms with Crippen molar-refractivity contribution in [1.82, 2.24) is 4.90 Å². The molecular formula is C22H21N. The normalized spacial score (nSPS) is 15.0. The van der Waals surface area contributed by atoms with Gasteiger partial charge in [0.25, 0.3) is 0 Å². The lowest BCUT2D eigenvalue weighted by Crippen LogP contribution is -2.20. The molecule has 1 aliphatic heterocycles. The van der Waals surface area contributed by atoms with Gasteiger partial charge in [-0.15, -0.1) is 0 Å². The fraction of sp³-hybridized carbons (Fsp3) is 0.182. The molecule has 1 atom stereocenters. The van der Waals surface area contributed by atoms with Crippen molar-refractivity contribution < 1.29 is 0 Å². The van der Waals surface area contributed by atoms with E-state index in [2.05, 4.69) is 86.0 Å². The maximum atomic E-state index is 4.39. The Morgan fingerprint density at radius 2 is 1.70 bits per heavy atom. The quantitative estimate of drug-likeness (QED) is 0.587. The van der Waals surface area contributed by atoms with Crippen LogP contribution in [0.5, 0.6) is 0 Å². The first-order chi connectivity index (χ1) is 11.2. The van der Waals surface area contributed by atoms with E-state index in [4.69, 9.17) is 0 Å². The third-order valence-corrected chi connectivity index (χ3v) is 5.08. The number of rotatable bonds is 2. The molecule has 0 spiro atoms. The molecule has 114 valence electrons. The van der Waals surface area contributed by atoms with E-state index in [1.165, 1.54) is 33.0 Å². The van der Waals surface area contributed by atoms with Crippen molar-refractivity contribution in [2.45, 2.75) is 26.4 Å². The van der Waals surface area contributed by atoms with E-state index in [0.29, 0.717) is 6.04 Å². The molecule has 1 nitrogen and oxygen atoms in total. The number of benzene rings is 3. The first kappa shape index (κ1) is 14.1. The van der Waals surface area contributed by atoms with Gasteiger partial charge >= 0.3 is 0 Å². The molecule has 3 aromatic rings. The van der Waals surface area contributed by atoms with Crippen LogP contribution in [0.25, 0.3) is 16.5 Å². The molecule has 0 aromatic heterocycles. The minimum absolute atomic E-state index is 0.306. The van der Waals surface area contributed by atoms with Crippen LogP contribution in [0.4, 0.5) is 0 Å². The molecule has 23 heavy (non-hydrogen) atoms. The van der Waals surface area contributed by atoms with Crippen LogP contribution < -0.4 is 0 Å². The average molecular weight is 299 g/mol. The summed E-state index contributed by atoms with van der Waals surface area (Å²) in [5, 5.41) is 2.64. The van der Waals surface area contributed by atoms with E-state index in [1.807, 2.05) is 0 Å². The third-order valence-electron chi connectivity index (χ3n) is 5.08.